The molecule has 0 aliphatic heterocycles. The molecule has 1 atom stereocenters. The normalized spacial score (nSPS) is 12.0. The Morgan fingerprint density at radius 3 is 2.36 bits per heavy atom. The molecule has 6 heteroatoms. The zero-order chi connectivity index (χ0) is 19.5. The van der Waals surface area contributed by atoms with E-state index in [0.717, 1.165) is 16.8 Å². The predicted octanol–water partition coefficient (Wildman–Crippen LogP) is 6.55. The van der Waals surface area contributed by atoms with Gasteiger partial charge in [-0.2, -0.15) is 0 Å². The SMILES string of the molecule is Cc1ccc(NC(c2ccccc2)c2nnc(-c3ccccc3Cl)o2)cc1Cl. The molecule has 0 spiro atoms. The summed E-state index contributed by atoms with van der Waals surface area (Å²) in [5.41, 5.74) is 3.57. The van der Waals surface area contributed by atoms with Gasteiger partial charge < -0.3 is 9.73 Å². The molecule has 0 bridgehead atoms. The number of aromatic nitrogens is 2. The number of benzene rings is 3. The van der Waals surface area contributed by atoms with Crippen molar-refractivity contribution in [3.63, 3.8) is 0 Å². The molecule has 1 heterocycles. The highest BCUT2D eigenvalue weighted by molar-refractivity contribution is 6.33. The van der Waals surface area contributed by atoms with E-state index in [0.29, 0.717) is 27.4 Å². The van der Waals surface area contributed by atoms with Crippen LogP contribution in [0, 0.1) is 6.92 Å². The van der Waals surface area contributed by atoms with E-state index in [-0.39, 0.29) is 6.04 Å². The first-order valence-electron chi connectivity index (χ1n) is 8.78. The van der Waals surface area contributed by atoms with Gasteiger partial charge in [-0.3, -0.25) is 0 Å². The Balaban J connectivity index is 1.72. The highest BCUT2D eigenvalue weighted by atomic mass is 35.5. The van der Waals surface area contributed by atoms with Crippen molar-refractivity contribution < 1.29 is 4.42 Å². The van der Waals surface area contributed by atoms with Gasteiger partial charge in [-0.15, -0.1) is 10.2 Å². The number of halogens is 2. The van der Waals surface area contributed by atoms with Crippen LogP contribution in [0.4, 0.5) is 5.69 Å². The van der Waals surface area contributed by atoms with Crippen molar-refractivity contribution >= 4 is 28.9 Å². The van der Waals surface area contributed by atoms with Crippen LogP contribution >= 0.6 is 23.2 Å². The Labute approximate surface area is 173 Å². The second-order valence-electron chi connectivity index (χ2n) is 6.38. The molecule has 1 unspecified atom stereocenters. The van der Waals surface area contributed by atoms with Crippen LogP contribution in [0.5, 0.6) is 0 Å². The summed E-state index contributed by atoms with van der Waals surface area (Å²) in [5, 5.41) is 13.2. The van der Waals surface area contributed by atoms with Gasteiger partial charge in [0.2, 0.25) is 11.8 Å². The van der Waals surface area contributed by atoms with Gasteiger partial charge in [-0.05, 0) is 42.3 Å². The van der Waals surface area contributed by atoms with E-state index < -0.39 is 0 Å². The second kappa shape index (κ2) is 8.05. The van der Waals surface area contributed by atoms with Gasteiger partial charge in [0.25, 0.3) is 0 Å². The molecule has 1 N–H and O–H groups in total. The van der Waals surface area contributed by atoms with Gasteiger partial charge in [0.15, 0.2) is 0 Å². The van der Waals surface area contributed by atoms with E-state index in [1.54, 1.807) is 6.07 Å². The third kappa shape index (κ3) is 3.88. The van der Waals surface area contributed by atoms with Crippen molar-refractivity contribution in [2.24, 2.45) is 0 Å². The number of rotatable bonds is 5. The molecule has 3 aromatic carbocycles. The number of aryl methyl sites for hydroxylation is 1. The van der Waals surface area contributed by atoms with Crippen LogP contribution in [0.3, 0.4) is 0 Å². The quantitative estimate of drug-likeness (QED) is 0.405. The fourth-order valence-electron chi connectivity index (χ4n) is 2.88. The van der Waals surface area contributed by atoms with Crippen LogP contribution in [0.2, 0.25) is 10.0 Å². The topological polar surface area (TPSA) is 51.0 Å². The summed E-state index contributed by atoms with van der Waals surface area (Å²) in [6.07, 6.45) is 0. The molecule has 4 aromatic rings. The minimum Gasteiger partial charge on any atom is -0.418 e. The maximum absolute atomic E-state index is 6.28. The van der Waals surface area contributed by atoms with Crippen molar-refractivity contribution in [3.05, 3.63) is 99.9 Å². The minimum atomic E-state index is -0.330. The molecule has 0 amide bonds. The summed E-state index contributed by atoms with van der Waals surface area (Å²) in [7, 11) is 0. The molecule has 0 aliphatic carbocycles. The Morgan fingerprint density at radius 2 is 1.61 bits per heavy atom. The lowest BCUT2D eigenvalue weighted by molar-refractivity contribution is 0.494. The molecule has 0 fully saturated rings. The third-order valence-corrected chi connectivity index (χ3v) is 5.14. The number of hydrogen-bond donors (Lipinski definition) is 1. The largest absolute Gasteiger partial charge is 0.418 e. The molecule has 0 radical (unpaired) electrons. The zero-order valence-electron chi connectivity index (χ0n) is 15.1. The molecule has 4 nitrogen and oxygen atoms in total. The number of nitrogens with one attached hydrogen (secondary N) is 1. The maximum atomic E-state index is 6.28. The molecule has 0 saturated carbocycles. The molecule has 28 heavy (non-hydrogen) atoms. The average Bonchev–Trinajstić information content (AvgIpc) is 3.19. The van der Waals surface area contributed by atoms with E-state index in [2.05, 4.69) is 15.5 Å². The third-order valence-electron chi connectivity index (χ3n) is 4.41. The molecule has 0 aliphatic rings. The maximum Gasteiger partial charge on any atom is 0.249 e. The Hall–Kier alpha value is -2.82. The van der Waals surface area contributed by atoms with E-state index in [1.165, 1.54) is 0 Å². The number of nitrogens with zero attached hydrogens (tertiary/aromatic N) is 2. The summed E-state index contributed by atoms with van der Waals surface area (Å²) in [5.74, 6) is 0.822. The fourth-order valence-corrected chi connectivity index (χ4v) is 3.27. The summed E-state index contributed by atoms with van der Waals surface area (Å²) in [6, 6.07) is 22.8. The smallest absolute Gasteiger partial charge is 0.249 e. The van der Waals surface area contributed by atoms with Crippen LogP contribution < -0.4 is 5.32 Å². The molecule has 140 valence electrons. The van der Waals surface area contributed by atoms with Gasteiger partial charge in [-0.1, -0.05) is 71.7 Å². The second-order valence-corrected chi connectivity index (χ2v) is 7.19. The monoisotopic (exact) mass is 409 g/mol. The van der Waals surface area contributed by atoms with Gasteiger partial charge in [-0.25, -0.2) is 0 Å². The molecular formula is C22H17Cl2N3O. The fraction of sp³-hybridized carbons (Fsp3) is 0.0909. The first kappa shape index (κ1) is 18.5. The summed E-state index contributed by atoms with van der Waals surface area (Å²) >= 11 is 12.6. The zero-order valence-corrected chi connectivity index (χ0v) is 16.6. The summed E-state index contributed by atoms with van der Waals surface area (Å²) in [6.45, 7) is 1.97. The van der Waals surface area contributed by atoms with Gasteiger partial charge in [0.05, 0.1) is 10.6 Å². The first-order valence-corrected chi connectivity index (χ1v) is 9.53. The Bertz CT molecular complexity index is 1100. The number of hydrogen-bond acceptors (Lipinski definition) is 4. The van der Waals surface area contributed by atoms with Crippen LogP contribution in [-0.4, -0.2) is 10.2 Å². The van der Waals surface area contributed by atoms with Crippen molar-refractivity contribution in [2.75, 3.05) is 5.32 Å². The van der Waals surface area contributed by atoms with Crippen LogP contribution in [0.1, 0.15) is 23.1 Å². The van der Waals surface area contributed by atoms with Crippen molar-refractivity contribution in [1.82, 2.24) is 10.2 Å². The predicted molar refractivity (Wildman–Crippen MR) is 113 cm³/mol. The van der Waals surface area contributed by atoms with Gasteiger partial charge >= 0.3 is 0 Å². The van der Waals surface area contributed by atoms with Crippen LogP contribution in [0.15, 0.2) is 77.2 Å². The van der Waals surface area contributed by atoms with Gasteiger partial charge in [0, 0.05) is 10.7 Å². The van der Waals surface area contributed by atoms with Crippen molar-refractivity contribution in [3.8, 4) is 11.5 Å². The summed E-state index contributed by atoms with van der Waals surface area (Å²) < 4.78 is 5.99. The van der Waals surface area contributed by atoms with Crippen molar-refractivity contribution in [2.45, 2.75) is 13.0 Å². The van der Waals surface area contributed by atoms with E-state index in [4.69, 9.17) is 27.6 Å². The Kier molecular flexibility index (Phi) is 5.33. The number of anilines is 1. The molecule has 1 aromatic heterocycles. The van der Waals surface area contributed by atoms with Gasteiger partial charge in [0.1, 0.15) is 6.04 Å². The van der Waals surface area contributed by atoms with E-state index >= 15 is 0 Å². The lowest BCUT2D eigenvalue weighted by Gasteiger charge is -2.17. The lowest BCUT2D eigenvalue weighted by Crippen LogP contribution is -2.13. The first-order chi connectivity index (χ1) is 13.6. The minimum absolute atomic E-state index is 0.330. The van der Waals surface area contributed by atoms with E-state index in [9.17, 15) is 0 Å². The van der Waals surface area contributed by atoms with Crippen LogP contribution in [-0.2, 0) is 0 Å². The average molecular weight is 410 g/mol. The highest BCUT2D eigenvalue weighted by Crippen LogP contribution is 2.32. The van der Waals surface area contributed by atoms with E-state index in [1.807, 2.05) is 73.7 Å². The molecule has 4 rings (SSSR count). The summed E-state index contributed by atoms with van der Waals surface area (Å²) in [4.78, 5) is 0. The van der Waals surface area contributed by atoms with Crippen LogP contribution in [0.25, 0.3) is 11.5 Å². The molecule has 0 saturated heterocycles. The standard InChI is InChI=1S/C22H17Cl2N3O/c1-14-11-12-16(13-19(14)24)25-20(15-7-3-2-4-8-15)22-27-26-21(28-22)17-9-5-6-10-18(17)23/h2-13,20,25H,1H3. The Morgan fingerprint density at radius 1 is 0.857 bits per heavy atom. The molecular weight excluding hydrogens is 393 g/mol. The van der Waals surface area contributed by atoms with Crippen molar-refractivity contribution in [1.29, 1.82) is 0 Å². The highest BCUT2D eigenvalue weighted by Gasteiger charge is 2.22. The lowest BCUT2D eigenvalue weighted by atomic mass is 10.1.